The molecule has 3 unspecified atom stereocenters. The maximum atomic E-state index is 11.6. The third kappa shape index (κ3) is 2.22. The van der Waals surface area contributed by atoms with Gasteiger partial charge in [0.1, 0.15) is 5.54 Å². The summed E-state index contributed by atoms with van der Waals surface area (Å²) < 4.78 is 0. The van der Waals surface area contributed by atoms with E-state index in [0.29, 0.717) is 12.0 Å². The van der Waals surface area contributed by atoms with Crippen molar-refractivity contribution in [3.63, 3.8) is 0 Å². The van der Waals surface area contributed by atoms with Gasteiger partial charge in [0.2, 0.25) is 0 Å². The average Bonchev–Trinajstić information content (AvgIpc) is 2.77. The Labute approximate surface area is 104 Å². The van der Waals surface area contributed by atoms with E-state index in [-0.39, 0.29) is 0 Å². The van der Waals surface area contributed by atoms with Crippen molar-refractivity contribution in [3.8, 4) is 0 Å². The molecule has 3 nitrogen and oxygen atoms in total. The number of hydrogen-bond donors (Lipinski definition) is 1. The number of piperidine rings is 1. The van der Waals surface area contributed by atoms with Crippen molar-refractivity contribution in [2.75, 3.05) is 6.54 Å². The van der Waals surface area contributed by atoms with Crippen molar-refractivity contribution < 1.29 is 9.90 Å². The van der Waals surface area contributed by atoms with Crippen molar-refractivity contribution >= 4 is 5.97 Å². The molecule has 2 fully saturated rings. The maximum Gasteiger partial charge on any atom is 0.323 e. The molecule has 0 spiro atoms. The number of carboxylic acid groups (broad SMARTS) is 1. The van der Waals surface area contributed by atoms with Crippen LogP contribution in [0.5, 0.6) is 0 Å². The highest BCUT2D eigenvalue weighted by molar-refractivity contribution is 5.78. The second kappa shape index (κ2) is 4.97. The topological polar surface area (TPSA) is 40.5 Å². The zero-order valence-corrected chi connectivity index (χ0v) is 11.1. The molecule has 1 N–H and O–H groups in total. The van der Waals surface area contributed by atoms with Crippen molar-refractivity contribution in [2.24, 2.45) is 5.92 Å². The number of carboxylic acids is 1. The molecule has 17 heavy (non-hydrogen) atoms. The minimum atomic E-state index is -0.626. The normalized spacial score (nSPS) is 39.4. The first-order valence-corrected chi connectivity index (χ1v) is 7.09. The molecular formula is C14H25NO2. The summed E-state index contributed by atoms with van der Waals surface area (Å²) in [6.07, 6.45) is 7.98. The second-order valence-corrected chi connectivity index (χ2v) is 5.90. The van der Waals surface area contributed by atoms with Crippen molar-refractivity contribution in [1.29, 1.82) is 0 Å². The highest BCUT2D eigenvalue weighted by Gasteiger charge is 2.46. The van der Waals surface area contributed by atoms with Gasteiger partial charge in [0, 0.05) is 6.04 Å². The summed E-state index contributed by atoms with van der Waals surface area (Å²) in [6.45, 7) is 5.15. The third-order valence-corrected chi connectivity index (χ3v) is 4.95. The number of rotatable bonds is 3. The SMILES string of the molecule is CCC1CCCC1N1CCCCC1(C)C(=O)O. The molecule has 0 aromatic carbocycles. The Hall–Kier alpha value is -0.570. The van der Waals surface area contributed by atoms with Gasteiger partial charge in [-0.1, -0.05) is 19.8 Å². The monoisotopic (exact) mass is 239 g/mol. The van der Waals surface area contributed by atoms with E-state index in [4.69, 9.17) is 0 Å². The zero-order valence-electron chi connectivity index (χ0n) is 11.1. The molecule has 1 saturated heterocycles. The predicted octanol–water partition coefficient (Wildman–Crippen LogP) is 2.89. The van der Waals surface area contributed by atoms with Gasteiger partial charge in [0.05, 0.1) is 0 Å². The predicted molar refractivity (Wildman–Crippen MR) is 68.0 cm³/mol. The molecule has 0 radical (unpaired) electrons. The summed E-state index contributed by atoms with van der Waals surface area (Å²) in [5.74, 6) is 0.0886. The van der Waals surface area contributed by atoms with E-state index in [0.717, 1.165) is 25.8 Å². The summed E-state index contributed by atoms with van der Waals surface area (Å²) >= 11 is 0. The Kier molecular flexibility index (Phi) is 3.76. The number of carbonyl (C=O) groups is 1. The minimum absolute atomic E-state index is 0.515. The molecular weight excluding hydrogens is 214 g/mol. The lowest BCUT2D eigenvalue weighted by molar-refractivity contribution is -0.155. The van der Waals surface area contributed by atoms with E-state index < -0.39 is 11.5 Å². The molecule has 98 valence electrons. The first kappa shape index (κ1) is 12.9. The van der Waals surface area contributed by atoms with Crippen LogP contribution in [0.15, 0.2) is 0 Å². The van der Waals surface area contributed by atoms with Crippen molar-refractivity contribution in [1.82, 2.24) is 4.90 Å². The Morgan fingerprint density at radius 2 is 2.12 bits per heavy atom. The van der Waals surface area contributed by atoms with Gasteiger partial charge in [0.15, 0.2) is 0 Å². The molecule has 0 aromatic heterocycles. The van der Waals surface area contributed by atoms with Gasteiger partial charge in [-0.05, 0) is 51.5 Å². The molecule has 2 rings (SSSR count). The summed E-state index contributed by atoms with van der Waals surface area (Å²) in [5.41, 5.74) is -0.610. The van der Waals surface area contributed by atoms with E-state index in [9.17, 15) is 9.90 Å². The lowest BCUT2D eigenvalue weighted by Gasteiger charge is -2.46. The van der Waals surface area contributed by atoms with Crippen LogP contribution >= 0.6 is 0 Å². The van der Waals surface area contributed by atoms with Crippen LogP contribution in [-0.4, -0.2) is 34.1 Å². The number of nitrogens with zero attached hydrogens (tertiary/aromatic N) is 1. The zero-order chi connectivity index (χ0) is 12.5. The average molecular weight is 239 g/mol. The number of hydrogen-bond acceptors (Lipinski definition) is 2. The Balaban J connectivity index is 2.19. The summed E-state index contributed by atoms with van der Waals surface area (Å²) in [6, 6.07) is 0.515. The van der Waals surface area contributed by atoms with Crippen molar-refractivity contribution in [3.05, 3.63) is 0 Å². The van der Waals surface area contributed by atoms with E-state index in [1.54, 1.807) is 0 Å². The van der Waals surface area contributed by atoms with Gasteiger partial charge in [0.25, 0.3) is 0 Å². The summed E-state index contributed by atoms with van der Waals surface area (Å²) in [5, 5.41) is 9.55. The van der Waals surface area contributed by atoms with Gasteiger partial charge in [-0.25, -0.2) is 0 Å². The Morgan fingerprint density at radius 1 is 1.35 bits per heavy atom. The molecule has 1 heterocycles. The van der Waals surface area contributed by atoms with Crippen LogP contribution < -0.4 is 0 Å². The lowest BCUT2D eigenvalue weighted by Crippen LogP contribution is -2.59. The quantitative estimate of drug-likeness (QED) is 0.823. The van der Waals surface area contributed by atoms with E-state index in [2.05, 4.69) is 11.8 Å². The van der Waals surface area contributed by atoms with Crippen LogP contribution in [-0.2, 0) is 4.79 Å². The number of likely N-dealkylation sites (tertiary alicyclic amines) is 1. The lowest BCUT2D eigenvalue weighted by atomic mass is 9.84. The molecule has 1 saturated carbocycles. The van der Waals surface area contributed by atoms with Crippen LogP contribution in [0.25, 0.3) is 0 Å². The smallest absolute Gasteiger partial charge is 0.323 e. The third-order valence-electron chi connectivity index (χ3n) is 4.95. The fraction of sp³-hybridized carbons (Fsp3) is 0.929. The molecule has 1 aliphatic carbocycles. The van der Waals surface area contributed by atoms with Gasteiger partial charge >= 0.3 is 5.97 Å². The van der Waals surface area contributed by atoms with E-state index in [1.165, 1.54) is 25.7 Å². The maximum absolute atomic E-state index is 11.6. The number of aliphatic carboxylic acids is 1. The van der Waals surface area contributed by atoms with Gasteiger partial charge in [-0.2, -0.15) is 0 Å². The van der Waals surface area contributed by atoms with Gasteiger partial charge in [-0.15, -0.1) is 0 Å². The van der Waals surface area contributed by atoms with Crippen LogP contribution in [0.1, 0.15) is 58.8 Å². The van der Waals surface area contributed by atoms with E-state index >= 15 is 0 Å². The fourth-order valence-corrected chi connectivity index (χ4v) is 3.81. The summed E-state index contributed by atoms with van der Waals surface area (Å²) in [7, 11) is 0. The van der Waals surface area contributed by atoms with Gasteiger partial charge in [-0.3, -0.25) is 9.69 Å². The van der Waals surface area contributed by atoms with Gasteiger partial charge < -0.3 is 5.11 Å². The second-order valence-electron chi connectivity index (χ2n) is 5.90. The molecule has 0 amide bonds. The fourth-order valence-electron chi connectivity index (χ4n) is 3.81. The Morgan fingerprint density at radius 3 is 2.76 bits per heavy atom. The van der Waals surface area contributed by atoms with E-state index in [1.807, 2.05) is 6.92 Å². The van der Waals surface area contributed by atoms with Crippen molar-refractivity contribution in [2.45, 2.75) is 70.4 Å². The van der Waals surface area contributed by atoms with Crippen LogP contribution in [0.4, 0.5) is 0 Å². The standard InChI is InChI=1S/C14H25NO2/c1-3-11-7-6-8-12(11)15-10-5-4-9-14(15,2)13(16)17/h11-12H,3-10H2,1-2H3,(H,16,17). The highest BCUT2D eigenvalue weighted by atomic mass is 16.4. The minimum Gasteiger partial charge on any atom is -0.480 e. The molecule has 0 bridgehead atoms. The van der Waals surface area contributed by atoms with Crippen LogP contribution in [0.3, 0.4) is 0 Å². The molecule has 0 aromatic rings. The van der Waals surface area contributed by atoms with Crippen LogP contribution in [0, 0.1) is 5.92 Å². The summed E-state index contributed by atoms with van der Waals surface area (Å²) in [4.78, 5) is 13.9. The molecule has 1 aliphatic heterocycles. The largest absolute Gasteiger partial charge is 0.480 e. The molecule has 2 aliphatic rings. The molecule has 3 heteroatoms. The van der Waals surface area contributed by atoms with Crippen LogP contribution in [0.2, 0.25) is 0 Å². The first-order chi connectivity index (χ1) is 8.09. The Bertz CT molecular complexity index is 292. The first-order valence-electron chi connectivity index (χ1n) is 7.09. The highest BCUT2D eigenvalue weighted by Crippen LogP contribution is 2.39. The molecule has 3 atom stereocenters.